The standard InChI is InChI=1S/C19H24N4O3/c1-11(2)17(12-3-4-15-16(9-12)26-8-7-25-15)21-19(24)18-13-10-20-6-5-14(13)22-23-18/h3-4,9,11,17,20H,5-8,10H2,1-2H3,(H,21,24)(H,22,23). The quantitative estimate of drug-likeness (QED) is 0.779. The Balaban J connectivity index is 1.57. The number of aromatic amines is 1. The van der Waals surface area contributed by atoms with E-state index in [1.165, 1.54) is 0 Å². The molecule has 1 aromatic heterocycles. The highest BCUT2D eigenvalue weighted by molar-refractivity contribution is 5.94. The van der Waals surface area contributed by atoms with Crippen molar-refractivity contribution in [2.24, 2.45) is 5.92 Å². The van der Waals surface area contributed by atoms with Gasteiger partial charge in [-0.1, -0.05) is 19.9 Å². The molecule has 0 spiro atoms. The zero-order chi connectivity index (χ0) is 18.1. The Morgan fingerprint density at radius 3 is 2.85 bits per heavy atom. The van der Waals surface area contributed by atoms with Gasteiger partial charge >= 0.3 is 0 Å². The van der Waals surface area contributed by atoms with E-state index in [1.807, 2.05) is 18.2 Å². The Labute approximate surface area is 152 Å². The van der Waals surface area contributed by atoms with Crippen LogP contribution in [0.15, 0.2) is 18.2 Å². The number of H-pyrrole nitrogens is 1. The molecule has 2 aliphatic rings. The molecule has 7 heteroatoms. The zero-order valence-corrected chi connectivity index (χ0v) is 15.1. The number of rotatable bonds is 4. The number of nitrogens with zero attached hydrogens (tertiary/aromatic N) is 1. The minimum atomic E-state index is -0.153. The fraction of sp³-hybridized carbons (Fsp3) is 0.474. The van der Waals surface area contributed by atoms with Crippen molar-refractivity contribution >= 4 is 5.91 Å². The van der Waals surface area contributed by atoms with Crippen molar-refractivity contribution in [3.8, 4) is 11.5 Å². The molecule has 7 nitrogen and oxygen atoms in total. The van der Waals surface area contributed by atoms with Crippen LogP contribution in [0.4, 0.5) is 0 Å². The average Bonchev–Trinajstić information content (AvgIpc) is 3.09. The van der Waals surface area contributed by atoms with Gasteiger partial charge in [0.15, 0.2) is 17.2 Å². The fourth-order valence-corrected chi connectivity index (χ4v) is 3.51. The third-order valence-corrected chi connectivity index (χ3v) is 4.90. The predicted molar refractivity (Wildman–Crippen MR) is 96.5 cm³/mol. The fourth-order valence-electron chi connectivity index (χ4n) is 3.51. The molecule has 4 rings (SSSR count). The molecule has 0 saturated carbocycles. The van der Waals surface area contributed by atoms with Gasteiger partial charge < -0.3 is 20.1 Å². The lowest BCUT2D eigenvalue weighted by Crippen LogP contribution is -2.33. The lowest BCUT2D eigenvalue weighted by Gasteiger charge is -2.25. The predicted octanol–water partition coefficient (Wildman–Crippen LogP) is 1.95. The first kappa shape index (κ1) is 16.9. The molecule has 1 aromatic carbocycles. The molecule has 26 heavy (non-hydrogen) atoms. The molecule has 138 valence electrons. The van der Waals surface area contributed by atoms with Gasteiger partial charge in [-0.2, -0.15) is 5.10 Å². The van der Waals surface area contributed by atoms with Gasteiger partial charge in [-0.15, -0.1) is 0 Å². The number of aromatic nitrogens is 2. The first-order valence-electron chi connectivity index (χ1n) is 9.10. The SMILES string of the molecule is CC(C)C(NC(=O)c1n[nH]c2c1CNCC2)c1ccc2c(c1)OCCO2. The smallest absolute Gasteiger partial charge is 0.272 e. The summed E-state index contributed by atoms with van der Waals surface area (Å²) in [6, 6.07) is 5.72. The van der Waals surface area contributed by atoms with E-state index in [0.717, 1.165) is 41.3 Å². The van der Waals surface area contributed by atoms with Crippen molar-refractivity contribution in [1.29, 1.82) is 0 Å². The van der Waals surface area contributed by atoms with Crippen LogP contribution in [0.5, 0.6) is 11.5 Å². The molecule has 3 N–H and O–H groups in total. The van der Waals surface area contributed by atoms with E-state index in [4.69, 9.17) is 9.47 Å². The molecule has 1 unspecified atom stereocenters. The Morgan fingerprint density at radius 1 is 1.23 bits per heavy atom. The summed E-state index contributed by atoms with van der Waals surface area (Å²) in [6.07, 6.45) is 0.866. The van der Waals surface area contributed by atoms with Crippen LogP contribution in [-0.4, -0.2) is 35.9 Å². The minimum Gasteiger partial charge on any atom is -0.486 e. The maximum absolute atomic E-state index is 12.9. The summed E-state index contributed by atoms with van der Waals surface area (Å²) in [6.45, 7) is 6.86. The summed E-state index contributed by atoms with van der Waals surface area (Å²) >= 11 is 0. The van der Waals surface area contributed by atoms with E-state index < -0.39 is 0 Å². The summed E-state index contributed by atoms with van der Waals surface area (Å²) in [5.41, 5.74) is 3.50. The number of ether oxygens (including phenoxy) is 2. The average molecular weight is 356 g/mol. The second-order valence-electron chi connectivity index (χ2n) is 7.05. The number of fused-ring (bicyclic) bond motifs is 2. The van der Waals surface area contributed by atoms with Gasteiger partial charge in [-0.05, 0) is 23.6 Å². The van der Waals surface area contributed by atoms with Crippen LogP contribution in [0.1, 0.15) is 47.2 Å². The summed E-state index contributed by atoms with van der Waals surface area (Å²) in [5, 5.41) is 13.7. The van der Waals surface area contributed by atoms with Gasteiger partial charge in [-0.25, -0.2) is 0 Å². The van der Waals surface area contributed by atoms with Gasteiger partial charge in [-0.3, -0.25) is 9.89 Å². The van der Waals surface area contributed by atoms with Crippen LogP contribution >= 0.6 is 0 Å². The van der Waals surface area contributed by atoms with Gasteiger partial charge in [0.25, 0.3) is 5.91 Å². The van der Waals surface area contributed by atoms with Crippen LogP contribution in [0.2, 0.25) is 0 Å². The van der Waals surface area contributed by atoms with E-state index in [0.29, 0.717) is 25.5 Å². The lowest BCUT2D eigenvalue weighted by molar-refractivity contribution is 0.0919. The molecule has 2 aromatic rings. The summed E-state index contributed by atoms with van der Waals surface area (Å²) in [4.78, 5) is 12.9. The van der Waals surface area contributed by atoms with Gasteiger partial charge in [0.2, 0.25) is 0 Å². The molecule has 2 aliphatic heterocycles. The number of nitrogens with one attached hydrogen (secondary N) is 3. The monoisotopic (exact) mass is 356 g/mol. The number of carbonyl (C=O) groups is 1. The minimum absolute atomic E-state index is 0.137. The number of hydrogen-bond acceptors (Lipinski definition) is 5. The topological polar surface area (TPSA) is 88.3 Å². The van der Waals surface area contributed by atoms with Crippen molar-refractivity contribution < 1.29 is 14.3 Å². The number of amides is 1. The Hall–Kier alpha value is -2.54. The zero-order valence-electron chi connectivity index (χ0n) is 15.1. The molecule has 0 radical (unpaired) electrons. The van der Waals surface area contributed by atoms with Crippen LogP contribution in [0, 0.1) is 5.92 Å². The Bertz CT molecular complexity index is 815. The highest BCUT2D eigenvalue weighted by atomic mass is 16.6. The van der Waals surface area contributed by atoms with Crippen molar-refractivity contribution in [3.63, 3.8) is 0 Å². The van der Waals surface area contributed by atoms with Crippen molar-refractivity contribution in [1.82, 2.24) is 20.8 Å². The summed E-state index contributed by atoms with van der Waals surface area (Å²) in [5.74, 6) is 1.55. The van der Waals surface area contributed by atoms with E-state index in [1.54, 1.807) is 0 Å². The van der Waals surface area contributed by atoms with Crippen LogP contribution in [0.3, 0.4) is 0 Å². The van der Waals surface area contributed by atoms with Crippen molar-refractivity contribution in [2.45, 2.75) is 32.9 Å². The molecule has 3 heterocycles. The number of carbonyl (C=O) groups excluding carboxylic acids is 1. The molecular weight excluding hydrogens is 332 g/mol. The molecule has 0 aliphatic carbocycles. The number of benzene rings is 1. The second-order valence-corrected chi connectivity index (χ2v) is 7.05. The highest BCUT2D eigenvalue weighted by Gasteiger charge is 2.26. The van der Waals surface area contributed by atoms with Crippen LogP contribution in [-0.2, 0) is 13.0 Å². The van der Waals surface area contributed by atoms with E-state index in [-0.39, 0.29) is 17.9 Å². The third kappa shape index (κ3) is 3.14. The van der Waals surface area contributed by atoms with Crippen LogP contribution < -0.4 is 20.1 Å². The second kappa shape index (κ2) is 6.99. The number of hydrogen-bond donors (Lipinski definition) is 3. The van der Waals surface area contributed by atoms with Crippen molar-refractivity contribution in [3.05, 3.63) is 40.7 Å². The van der Waals surface area contributed by atoms with Gasteiger partial charge in [0.05, 0.1) is 6.04 Å². The van der Waals surface area contributed by atoms with Gasteiger partial charge in [0, 0.05) is 30.8 Å². The van der Waals surface area contributed by atoms with E-state index in [2.05, 4.69) is 34.7 Å². The first-order valence-corrected chi connectivity index (χ1v) is 9.10. The molecular formula is C19H24N4O3. The van der Waals surface area contributed by atoms with Gasteiger partial charge in [0.1, 0.15) is 13.2 Å². The van der Waals surface area contributed by atoms with Crippen LogP contribution in [0.25, 0.3) is 0 Å². The maximum atomic E-state index is 12.9. The molecule has 0 bridgehead atoms. The summed E-state index contributed by atoms with van der Waals surface area (Å²) in [7, 11) is 0. The molecule has 0 saturated heterocycles. The first-order chi connectivity index (χ1) is 12.6. The largest absolute Gasteiger partial charge is 0.486 e. The Kier molecular flexibility index (Phi) is 4.55. The molecule has 0 fully saturated rings. The van der Waals surface area contributed by atoms with E-state index >= 15 is 0 Å². The Morgan fingerprint density at radius 2 is 2.04 bits per heavy atom. The van der Waals surface area contributed by atoms with E-state index in [9.17, 15) is 4.79 Å². The third-order valence-electron chi connectivity index (χ3n) is 4.90. The van der Waals surface area contributed by atoms with Crippen molar-refractivity contribution in [2.75, 3.05) is 19.8 Å². The summed E-state index contributed by atoms with van der Waals surface area (Å²) < 4.78 is 11.3. The molecule has 1 amide bonds. The maximum Gasteiger partial charge on any atom is 0.272 e. The molecule has 1 atom stereocenters. The lowest BCUT2D eigenvalue weighted by atomic mass is 9.95. The normalized spacial score (nSPS) is 16.9. The highest BCUT2D eigenvalue weighted by Crippen LogP contribution is 2.34.